The van der Waals surface area contributed by atoms with Gasteiger partial charge >= 0.3 is 6.29 Å². The molecule has 0 spiro atoms. The van der Waals surface area contributed by atoms with Gasteiger partial charge in [0.05, 0.1) is 23.1 Å². The van der Waals surface area contributed by atoms with E-state index in [-0.39, 0.29) is 17.3 Å². The van der Waals surface area contributed by atoms with E-state index in [9.17, 15) is 13.6 Å². The van der Waals surface area contributed by atoms with E-state index in [1.54, 1.807) is 30.8 Å². The van der Waals surface area contributed by atoms with Crippen LogP contribution in [0.15, 0.2) is 36.8 Å². The first-order chi connectivity index (χ1) is 13.2. The monoisotopic (exact) mass is 406 g/mol. The lowest BCUT2D eigenvalue weighted by molar-refractivity contribution is -0.286. The summed E-state index contributed by atoms with van der Waals surface area (Å²) in [5.74, 6) is -0.331. The quantitative estimate of drug-likeness (QED) is 0.710. The van der Waals surface area contributed by atoms with E-state index in [1.807, 2.05) is 0 Å². The molecule has 1 aliphatic heterocycles. The van der Waals surface area contributed by atoms with Crippen LogP contribution in [0.3, 0.4) is 0 Å². The van der Waals surface area contributed by atoms with Gasteiger partial charge in [-0.2, -0.15) is 0 Å². The summed E-state index contributed by atoms with van der Waals surface area (Å²) >= 11 is 6.00. The van der Waals surface area contributed by atoms with Gasteiger partial charge in [-0.05, 0) is 30.7 Å². The lowest BCUT2D eigenvalue weighted by Crippen LogP contribution is -2.25. The van der Waals surface area contributed by atoms with Crippen molar-refractivity contribution in [3.8, 4) is 22.8 Å². The largest absolute Gasteiger partial charge is 0.586 e. The zero-order valence-electron chi connectivity index (χ0n) is 14.7. The summed E-state index contributed by atoms with van der Waals surface area (Å²) in [6, 6.07) is 4.47. The van der Waals surface area contributed by atoms with Gasteiger partial charge in [-0.1, -0.05) is 11.6 Å². The van der Waals surface area contributed by atoms with Crippen molar-refractivity contribution in [2.24, 2.45) is 7.05 Å². The van der Waals surface area contributed by atoms with Gasteiger partial charge in [0.1, 0.15) is 5.69 Å². The number of ether oxygens (including phenoxy) is 2. The number of aromatic nitrogens is 3. The molecule has 1 aromatic carbocycles. The molecule has 1 amide bonds. The molecule has 0 saturated heterocycles. The number of rotatable bonds is 3. The van der Waals surface area contributed by atoms with E-state index >= 15 is 0 Å². The van der Waals surface area contributed by atoms with Gasteiger partial charge in [0.2, 0.25) is 0 Å². The Labute approximate surface area is 162 Å². The number of hydrogen-bond acceptors (Lipinski definition) is 5. The Hall–Kier alpha value is -3.20. The number of nitrogens with zero attached hydrogens (tertiary/aromatic N) is 3. The summed E-state index contributed by atoms with van der Waals surface area (Å²) in [4.78, 5) is 20.7. The summed E-state index contributed by atoms with van der Waals surface area (Å²) in [7, 11) is 1.70. The van der Waals surface area contributed by atoms with Crippen molar-refractivity contribution in [1.29, 1.82) is 0 Å². The fourth-order valence-corrected chi connectivity index (χ4v) is 3.12. The van der Waals surface area contributed by atoms with Crippen LogP contribution in [-0.4, -0.2) is 26.7 Å². The van der Waals surface area contributed by atoms with Gasteiger partial charge in [-0.25, -0.2) is 4.98 Å². The van der Waals surface area contributed by atoms with Gasteiger partial charge in [0.15, 0.2) is 17.3 Å². The van der Waals surface area contributed by atoms with Crippen molar-refractivity contribution in [2.75, 3.05) is 5.32 Å². The number of nitrogens with one attached hydrogen (secondary N) is 1. The molecule has 0 atom stereocenters. The van der Waals surface area contributed by atoms with Crippen molar-refractivity contribution < 1.29 is 23.0 Å². The van der Waals surface area contributed by atoms with E-state index in [4.69, 9.17) is 11.6 Å². The average Bonchev–Trinajstić information content (AvgIpc) is 3.11. The van der Waals surface area contributed by atoms with Crippen molar-refractivity contribution in [1.82, 2.24) is 14.5 Å². The number of amides is 1. The Balaban J connectivity index is 1.57. The third kappa shape index (κ3) is 3.24. The Morgan fingerprint density at radius 2 is 1.93 bits per heavy atom. The number of hydrogen-bond donors (Lipinski definition) is 1. The first-order valence-electron chi connectivity index (χ1n) is 8.08. The normalized spacial score (nSPS) is 14.2. The summed E-state index contributed by atoms with van der Waals surface area (Å²) < 4.78 is 36.9. The van der Waals surface area contributed by atoms with Crippen LogP contribution in [-0.2, 0) is 7.05 Å². The second kappa shape index (κ2) is 6.45. The van der Waals surface area contributed by atoms with Crippen molar-refractivity contribution in [3.63, 3.8) is 0 Å². The molecule has 28 heavy (non-hydrogen) atoms. The highest BCUT2D eigenvalue weighted by Gasteiger charge is 2.43. The van der Waals surface area contributed by atoms with Crippen LogP contribution in [0.4, 0.5) is 14.6 Å². The predicted molar refractivity (Wildman–Crippen MR) is 96.8 cm³/mol. The molecule has 3 heterocycles. The Kier molecular flexibility index (Phi) is 4.19. The van der Waals surface area contributed by atoms with Crippen LogP contribution in [0.5, 0.6) is 11.5 Å². The maximum atomic E-state index is 13.2. The van der Waals surface area contributed by atoms with E-state index in [2.05, 4.69) is 24.8 Å². The van der Waals surface area contributed by atoms with E-state index < -0.39 is 12.2 Å². The minimum Gasteiger partial charge on any atom is -0.395 e. The molecule has 1 aliphatic rings. The molecule has 3 aromatic rings. The third-order valence-electron chi connectivity index (χ3n) is 4.16. The lowest BCUT2D eigenvalue weighted by atomic mass is 10.1. The summed E-state index contributed by atoms with van der Waals surface area (Å²) in [5.41, 5.74) is 1.92. The highest BCUT2D eigenvalue weighted by Crippen LogP contribution is 2.44. The van der Waals surface area contributed by atoms with Crippen LogP contribution >= 0.6 is 11.6 Å². The molecule has 7 nitrogen and oxygen atoms in total. The van der Waals surface area contributed by atoms with Gasteiger partial charge in [0, 0.05) is 18.8 Å². The molecule has 0 saturated carbocycles. The van der Waals surface area contributed by atoms with Crippen molar-refractivity contribution >= 4 is 23.3 Å². The first kappa shape index (κ1) is 18.2. The Morgan fingerprint density at radius 1 is 1.21 bits per heavy atom. The van der Waals surface area contributed by atoms with Crippen molar-refractivity contribution in [2.45, 2.75) is 13.2 Å². The summed E-state index contributed by atoms with van der Waals surface area (Å²) in [6.45, 7) is 1.73. The van der Waals surface area contributed by atoms with E-state index in [1.165, 1.54) is 24.5 Å². The topological polar surface area (TPSA) is 78.3 Å². The fourth-order valence-electron chi connectivity index (χ4n) is 2.85. The number of fused-ring (bicyclic) bond motifs is 1. The second-order valence-corrected chi connectivity index (χ2v) is 6.55. The molecule has 0 bridgehead atoms. The molecule has 0 unspecified atom stereocenters. The molecule has 2 aromatic heterocycles. The summed E-state index contributed by atoms with van der Waals surface area (Å²) in [6.07, 6.45) is 0.761. The smallest absolute Gasteiger partial charge is 0.395 e. The number of carbonyl (C=O) groups excluding carboxylic acids is 1. The molecule has 1 N–H and O–H groups in total. The highest BCUT2D eigenvalue weighted by atomic mass is 35.5. The van der Waals surface area contributed by atoms with Gasteiger partial charge in [-0.3, -0.25) is 9.78 Å². The van der Waals surface area contributed by atoms with Gasteiger partial charge in [0.25, 0.3) is 5.91 Å². The number of alkyl halides is 2. The van der Waals surface area contributed by atoms with Crippen LogP contribution in [0.2, 0.25) is 5.02 Å². The number of anilines is 1. The van der Waals surface area contributed by atoms with E-state index in [0.29, 0.717) is 27.5 Å². The molecule has 144 valence electrons. The maximum Gasteiger partial charge on any atom is 0.586 e. The number of halogens is 3. The zero-order chi connectivity index (χ0) is 20.1. The summed E-state index contributed by atoms with van der Waals surface area (Å²) in [5, 5.41) is 2.93. The van der Waals surface area contributed by atoms with Crippen LogP contribution in [0.1, 0.15) is 16.1 Å². The van der Waals surface area contributed by atoms with Crippen molar-refractivity contribution in [3.05, 3.63) is 53.1 Å². The molecule has 0 fully saturated rings. The SMILES string of the molecule is Cc1cc2c(cc1-c1cnc(NC(=O)c3c(Cl)ccn3C)cn1)OC(F)(F)O2. The standard InChI is InChI=1S/C18H13ClF2N4O3/c1-9-5-13-14(28-18(20,21)27-13)6-10(9)12-7-23-15(8-22-12)24-17(26)16-11(19)3-4-25(16)2/h3-8H,1-2H3,(H,23,24,26). The van der Waals surface area contributed by atoms with Gasteiger partial charge in [-0.15, -0.1) is 8.78 Å². The van der Waals surface area contributed by atoms with Gasteiger partial charge < -0.3 is 19.4 Å². The molecule has 10 heteroatoms. The second-order valence-electron chi connectivity index (χ2n) is 6.15. The molecule has 4 rings (SSSR count). The van der Waals surface area contributed by atoms with E-state index in [0.717, 1.165) is 0 Å². The molecule has 0 aliphatic carbocycles. The Bertz CT molecular complexity index is 1060. The first-order valence-corrected chi connectivity index (χ1v) is 8.46. The zero-order valence-corrected chi connectivity index (χ0v) is 15.4. The van der Waals surface area contributed by atoms with Crippen LogP contribution < -0.4 is 14.8 Å². The lowest BCUT2D eigenvalue weighted by Gasteiger charge is -2.09. The maximum absolute atomic E-state index is 13.2. The predicted octanol–water partition coefficient (Wildman–Crippen LogP) is 4.02. The minimum atomic E-state index is -3.69. The van der Waals surface area contributed by atoms with Crippen LogP contribution in [0, 0.1) is 6.92 Å². The Morgan fingerprint density at radius 3 is 2.54 bits per heavy atom. The highest BCUT2D eigenvalue weighted by molar-refractivity contribution is 6.34. The van der Waals surface area contributed by atoms with Crippen LogP contribution in [0.25, 0.3) is 11.3 Å². The number of aryl methyl sites for hydroxylation is 2. The molecular weight excluding hydrogens is 394 g/mol. The minimum absolute atomic E-state index is 0.0393. The molecule has 0 radical (unpaired) electrons. The number of benzene rings is 1. The molecular formula is C18H13ClF2N4O3. The number of carbonyl (C=O) groups is 1. The fraction of sp³-hybridized carbons (Fsp3) is 0.167. The third-order valence-corrected chi connectivity index (χ3v) is 4.46. The average molecular weight is 407 g/mol.